The zero-order valence-corrected chi connectivity index (χ0v) is 12.1. The quantitative estimate of drug-likeness (QED) is 0.694. The van der Waals surface area contributed by atoms with Gasteiger partial charge in [-0.3, -0.25) is 9.36 Å². The first-order chi connectivity index (χ1) is 10.2. The lowest BCUT2D eigenvalue weighted by atomic mass is 10.2. The van der Waals surface area contributed by atoms with Crippen LogP contribution in [0, 0.1) is 6.57 Å². The lowest BCUT2D eigenvalue weighted by Gasteiger charge is -2.03. The Hall–Kier alpha value is -2.58. The van der Waals surface area contributed by atoms with E-state index in [0.29, 0.717) is 17.4 Å². The first-order valence-corrected chi connectivity index (χ1v) is 6.73. The van der Waals surface area contributed by atoms with E-state index in [9.17, 15) is 0 Å². The highest BCUT2D eigenvalue weighted by molar-refractivity contribution is 6.32. The number of rotatable bonds is 3. The number of aromatic nitrogens is 4. The Morgan fingerprint density at radius 1 is 1.29 bits per heavy atom. The van der Waals surface area contributed by atoms with Crippen molar-refractivity contribution < 1.29 is 0 Å². The van der Waals surface area contributed by atoms with Crippen molar-refractivity contribution >= 4 is 17.3 Å². The van der Waals surface area contributed by atoms with Gasteiger partial charge in [0.1, 0.15) is 0 Å². The summed E-state index contributed by atoms with van der Waals surface area (Å²) < 4.78 is 3.50. The third-order valence-electron chi connectivity index (χ3n) is 3.26. The van der Waals surface area contributed by atoms with Gasteiger partial charge >= 0.3 is 0 Å². The highest BCUT2D eigenvalue weighted by atomic mass is 35.5. The number of hydrogen-bond acceptors (Lipinski definition) is 2. The maximum absolute atomic E-state index is 7.20. The van der Waals surface area contributed by atoms with Crippen LogP contribution >= 0.6 is 11.6 Å². The normalized spacial score (nSPS) is 10.5. The molecule has 6 heteroatoms. The maximum atomic E-state index is 7.20. The summed E-state index contributed by atoms with van der Waals surface area (Å²) in [4.78, 5) is 3.52. The lowest BCUT2D eigenvalue weighted by molar-refractivity contribution is 0.689. The minimum atomic E-state index is 0.430. The molecule has 2 aromatic heterocycles. The molecule has 0 fully saturated rings. The molecule has 0 aliphatic carbocycles. The molecule has 21 heavy (non-hydrogen) atoms. The fourth-order valence-corrected chi connectivity index (χ4v) is 2.46. The van der Waals surface area contributed by atoms with Gasteiger partial charge in [-0.2, -0.15) is 10.2 Å². The van der Waals surface area contributed by atoms with Gasteiger partial charge in [0.2, 0.25) is 0 Å². The first kappa shape index (κ1) is 13.4. The summed E-state index contributed by atoms with van der Waals surface area (Å²) in [6.07, 6.45) is 3.59. The van der Waals surface area contributed by atoms with Crippen LogP contribution in [0.4, 0.5) is 5.69 Å². The molecule has 2 heterocycles. The molecule has 5 nitrogen and oxygen atoms in total. The second-order valence-electron chi connectivity index (χ2n) is 4.61. The summed E-state index contributed by atoms with van der Waals surface area (Å²) in [6.45, 7) is 7.71. The number of benzene rings is 1. The molecule has 104 valence electrons. The van der Waals surface area contributed by atoms with E-state index in [1.54, 1.807) is 21.6 Å². The van der Waals surface area contributed by atoms with Crippen molar-refractivity contribution in [2.24, 2.45) is 7.05 Å². The van der Waals surface area contributed by atoms with Gasteiger partial charge in [-0.1, -0.05) is 35.9 Å². The summed E-state index contributed by atoms with van der Waals surface area (Å²) in [5.41, 5.74) is 3.29. The number of aryl methyl sites for hydroxylation is 1. The third-order valence-corrected chi connectivity index (χ3v) is 3.54. The molecular weight excluding hydrogens is 286 g/mol. The van der Waals surface area contributed by atoms with Gasteiger partial charge in [-0.25, -0.2) is 4.85 Å². The SMILES string of the molecule is [C-]#[N+]c1ccccc1Cn1cc(-c2ccnn2C)c(Cl)n1. The first-order valence-electron chi connectivity index (χ1n) is 6.35. The van der Waals surface area contributed by atoms with Crippen LogP contribution in [0.3, 0.4) is 0 Å². The molecule has 0 radical (unpaired) electrons. The van der Waals surface area contributed by atoms with Crippen molar-refractivity contribution in [1.29, 1.82) is 0 Å². The van der Waals surface area contributed by atoms with Crippen molar-refractivity contribution in [2.45, 2.75) is 6.54 Å². The second-order valence-corrected chi connectivity index (χ2v) is 4.97. The van der Waals surface area contributed by atoms with Crippen LogP contribution in [-0.2, 0) is 13.6 Å². The van der Waals surface area contributed by atoms with E-state index >= 15 is 0 Å². The highest BCUT2D eigenvalue weighted by Gasteiger charge is 2.13. The van der Waals surface area contributed by atoms with Crippen molar-refractivity contribution in [3.8, 4) is 11.3 Å². The van der Waals surface area contributed by atoms with Crippen LogP contribution in [0.15, 0.2) is 42.7 Å². The average molecular weight is 298 g/mol. The van der Waals surface area contributed by atoms with Crippen molar-refractivity contribution in [3.05, 3.63) is 64.9 Å². The Morgan fingerprint density at radius 3 is 2.81 bits per heavy atom. The van der Waals surface area contributed by atoms with E-state index in [1.807, 2.05) is 37.5 Å². The molecule has 1 aromatic carbocycles. The molecule has 3 aromatic rings. The van der Waals surface area contributed by atoms with Crippen LogP contribution in [0.2, 0.25) is 5.15 Å². The highest BCUT2D eigenvalue weighted by Crippen LogP contribution is 2.27. The average Bonchev–Trinajstić information content (AvgIpc) is 3.05. The topological polar surface area (TPSA) is 40.0 Å². The smallest absolute Gasteiger partial charge is 0.192 e. The van der Waals surface area contributed by atoms with Crippen LogP contribution in [0.1, 0.15) is 5.56 Å². The molecule has 0 spiro atoms. The van der Waals surface area contributed by atoms with Crippen LogP contribution in [-0.4, -0.2) is 19.6 Å². The summed E-state index contributed by atoms with van der Waals surface area (Å²) >= 11 is 6.21. The monoisotopic (exact) mass is 297 g/mol. The van der Waals surface area contributed by atoms with Crippen molar-refractivity contribution in [3.63, 3.8) is 0 Å². The molecular formula is C15H12ClN5. The van der Waals surface area contributed by atoms with Crippen molar-refractivity contribution in [1.82, 2.24) is 19.6 Å². The van der Waals surface area contributed by atoms with E-state index in [-0.39, 0.29) is 0 Å². The number of nitrogens with zero attached hydrogens (tertiary/aromatic N) is 5. The molecule has 0 N–H and O–H groups in total. The van der Waals surface area contributed by atoms with Gasteiger partial charge in [0, 0.05) is 19.4 Å². The van der Waals surface area contributed by atoms with Gasteiger partial charge in [0.15, 0.2) is 10.8 Å². The zero-order valence-electron chi connectivity index (χ0n) is 11.4. The third kappa shape index (κ3) is 2.54. The molecule has 0 aliphatic heterocycles. The van der Waals surface area contributed by atoms with E-state index < -0.39 is 0 Å². The molecule has 0 saturated carbocycles. The van der Waals surface area contributed by atoms with Gasteiger partial charge in [-0.15, -0.1) is 0 Å². The summed E-state index contributed by atoms with van der Waals surface area (Å²) in [7, 11) is 1.86. The Morgan fingerprint density at radius 2 is 2.10 bits per heavy atom. The van der Waals surface area contributed by atoms with Gasteiger partial charge in [0.05, 0.1) is 24.4 Å². The Bertz CT molecular complexity index is 825. The lowest BCUT2D eigenvalue weighted by Crippen LogP contribution is -2.00. The summed E-state index contributed by atoms with van der Waals surface area (Å²) in [5.74, 6) is 0. The van der Waals surface area contributed by atoms with E-state index in [0.717, 1.165) is 16.8 Å². The summed E-state index contributed by atoms with van der Waals surface area (Å²) in [5, 5.41) is 8.88. The molecule has 3 rings (SSSR count). The fourth-order valence-electron chi connectivity index (χ4n) is 2.22. The second kappa shape index (κ2) is 5.43. The summed E-state index contributed by atoms with van der Waals surface area (Å²) in [6, 6.07) is 9.38. The number of hydrogen-bond donors (Lipinski definition) is 0. The van der Waals surface area contributed by atoms with E-state index in [4.69, 9.17) is 18.2 Å². The molecule has 0 aliphatic rings. The molecule has 0 amide bonds. The fraction of sp³-hybridized carbons (Fsp3) is 0.133. The number of para-hydroxylation sites is 1. The van der Waals surface area contributed by atoms with Crippen LogP contribution in [0.25, 0.3) is 16.1 Å². The maximum Gasteiger partial charge on any atom is 0.192 e. The predicted octanol–water partition coefficient (Wildman–Crippen LogP) is 3.54. The standard InChI is InChI=1S/C15H12ClN5/c1-17-13-6-4-3-5-11(13)9-21-10-12(15(16)19-21)14-7-8-18-20(14)2/h3-8,10H,9H2,2H3. The Labute approximate surface area is 127 Å². The molecule has 0 atom stereocenters. The molecule has 0 saturated heterocycles. The predicted molar refractivity (Wildman–Crippen MR) is 81.2 cm³/mol. The minimum Gasteiger partial charge on any atom is -0.268 e. The minimum absolute atomic E-state index is 0.430. The molecule has 0 unspecified atom stereocenters. The van der Waals surface area contributed by atoms with Crippen molar-refractivity contribution in [2.75, 3.05) is 0 Å². The Balaban J connectivity index is 1.95. The van der Waals surface area contributed by atoms with Crippen LogP contribution < -0.4 is 0 Å². The van der Waals surface area contributed by atoms with Crippen LogP contribution in [0.5, 0.6) is 0 Å². The molecule has 0 bridgehead atoms. The number of halogens is 1. The van der Waals surface area contributed by atoms with Gasteiger partial charge in [0.25, 0.3) is 0 Å². The zero-order chi connectivity index (χ0) is 14.8. The van der Waals surface area contributed by atoms with Gasteiger partial charge in [-0.05, 0) is 11.6 Å². The van der Waals surface area contributed by atoms with Gasteiger partial charge < -0.3 is 0 Å². The van der Waals surface area contributed by atoms with E-state index in [2.05, 4.69) is 15.0 Å². The van der Waals surface area contributed by atoms with E-state index in [1.165, 1.54) is 0 Å². The largest absolute Gasteiger partial charge is 0.268 e. The Kier molecular flexibility index (Phi) is 3.46.